The lowest BCUT2D eigenvalue weighted by Gasteiger charge is -2.14. The van der Waals surface area contributed by atoms with Crippen LogP contribution in [0.4, 0.5) is 46.1 Å². The van der Waals surface area contributed by atoms with Gasteiger partial charge in [-0.3, -0.25) is 10.1 Å². The fraction of sp³-hybridized carbons (Fsp3) is 0.143. The van der Waals surface area contributed by atoms with Crippen molar-refractivity contribution in [3.63, 3.8) is 0 Å². The highest BCUT2D eigenvalue weighted by Gasteiger charge is 2.30. The van der Waals surface area contributed by atoms with Crippen LogP contribution >= 0.6 is 0 Å². The third-order valence-corrected chi connectivity index (χ3v) is 4.56. The number of hydrogen-bond acceptors (Lipinski definition) is 7. The largest absolute Gasteiger partial charge is 0.416 e. The van der Waals surface area contributed by atoms with E-state index in [0.717, 1.165) is 24.3 Å². The van der Waals surface area contributed by atoms with Crippen molar-refractivity contribution in [2.45, 2.75) is 20.0 Å². The number of alkyl halides is 3. The van der Waals surface area contributed by atoms with Crippen LogP contribution in [0.25, 0.3) is 0 Å². The maximum atomic E-state index is 14.2. The van der Waals surface area contributed by atoms with E-state index in [2.05, 4.69) is 20.5 Å². The van der Waals surface area contributed by atoms with Crippen LogP contribution in [0.15, 0.2) is 52.7 Å². The molecule has 0 aliphatic heterocycles. The minimum Gasteiger partial charge on any atom is -0.338 e. The summed E-state index contributed by atoms with van der Waals surface area (Å²) in [4.78, 5) is 14.2. The Kier molecular flexibility index (Phi) is 6.34. The van der Waals surface area contributed by atoms with E-state index in [9.17, 15) is 32.9 Å². The quantitative estimate of drug-likeness (QED) is 0.195. The van der Waals surface area contributed by atoms with E-state index in [0.29, 0.717) is 17.3 Å². The molecule has 168 valence electrons. The Labute approximate surface area is 184 Å². The van der Waals surface area contributed by atoms with Gasteiger partial charge in [-0.1, -0.05) is 6.07 Å². The molecule has 1 aromatic heterocycles. The number of nitro groups is 1. The molecule has 0 bridgehead atoms. The second-order valence-electron chi connectivity index (χ2n) is 6.80. The summed E-state index contributed by atoms with van der Waals surface area (Å²) >= 11 is 0. The van der Waals surface area contributed by atoms with Gasteiger partial charge in [-0.25, -0.2) is 9.37 Å². The predicted octanol–water partition coefficient (Wildman–Crippen LogP) is 6.80. The molecule has 0 unspecified atom stereocenters. The lowest BCUT2D eigenvalue weighted by Crippen LogP contribution is -2.06. The fourth-order valence-electron chi connectivity index (χ4n) is 2.92. The normalized spacial score (nSPS) is 11.4. The van der Waals surface area contributed by atoms with Crippen LogP contribution in [0, 0.1) is 41.1 Å². The standard InChI is InChI=1S/C21H14F4N6O2/c1-11-16(10-26)12(2)27-20(28-14-5-3-4-13(8-14)21(23,24)25)19(11)30-29-18-7-6-15(31(32)33)9-17(18)22/h3-9H,1-2H3,(H,27,28). The van der Waals surface area contributed by atoms with Gasteiger partial charge in [0.2, 0.25) is 0 Å². The summed E-state index contributed by atoms with van der Waals surface area (Å²) in [5.74, 6) is -1.01. The molecule has 3 aromatic rings. The Morgan fingerprint density at radius 1 is 1.15 bits per heavy atom. The van der Waals surface area contributed by atoms with Crippen LogP contribution in [-0.2, 0) is 6.18 Å². The van der Waals surface area contributed by atoms with Crippen LogP contribution in [0.5, 0.6) is 0 Å². The molecule has 0 spiro atoms. The molecule has 0 aliphatic rings. The van der Waals surface area contributed by atoms with Gasteiger partial charge in [0.25, 0.3) is 5.69 Å². The van der Waals surface area contributed by atoms with Gasteiger partial charge in [0.05, 0.1) is 27.8 Å². The van der Waals surface area contributed by atoms with E-state index in [1.54, 1.807) is 6.92 Å². The molecular formula is C21H14F4N6O2. The molecule has 0 saturated carbocycles. The lowest BCUT2D eigenvalue weighted by atomic mass is 10.1. The fourth-order valence-corrected chi connectivity index (χ4v) is 2.92. The molecule has 0 aliphatic carbocycles. The average molecular weight is 458 g/mol. The van der Waals surface area contributed by atoms with Gasteiger partial charge in [0.15, 0.2) is 11.6 Å². The number of nitrogens with zero attached hydrogens (tertiary/aromatic N) is 5. The first-order valence-corrected chi connectivity index (χ1v) is 9.22. The summed E-state index contributed by atoms with van der Waals surface area (Å²) < 4.78 is 53.3. The topological polar surface area (TPSA) is 117 Å². The highest BCUT2D eigenvalue weighted by molar-refractivity contribution is 5.74. The lowest BCUT2D eigenvalue weighted by molar-refractivity contribution is -0.385. The van der Waals surface area contributed by atoms with Crippen LogP contribution in [0.1, 0.15) is 22.4 Å². The molecule has 1 N–H and O–H groups in total. The number of anilines is 2. The second kappa shape index (κ2) is 8.99. The van der Waals surface area contributed by atoms with Crippen LogP contribution in [0.3, 0.4) is 0 Å². The second-order valence-corrected chi connectivity index (χ2v) is 6.80. The highest BCUT2D eigenvalue weighted by Crippen LogP contribution is 2.36. The Morgan fingerprint density at radius 2 is 1.88 bits per heavy atom. The molecule has 8 nitrogen and oxygen atoms in total. The van der Waals surface area contributed by atoms with Gasteiger partial charge in [0, 0.05) is 11.8 Å². The van der Waals surface area contributed by atoms with Crippen molar-refractivity contribution in [2.24, 2.45) is 10.2 Å². The Morgan fingerprint density at radius 3 is 2.48 bits per heavy atom. The molecule has 0 atom stereocenters. The molecule has 0 amide bonds. The van der Waals surface area contributed by atoms with Gasteiger partial charge in [-0.05, 0) is 43.7 Å². The smallest absolute Gasteiger partial charge is 0.338 e. The van der Waals surface area contributed by atoms with Crippen LogP contribution in [-0.4, -0.2) is 9.91 Å². The van der Waals surface area contributed by atoms with E-state index in [1.165, 1.54) is 19.1 Å². The minimum atomic E-state index is -4.56. The maximum absolute atomic E-state index is 14.2. The molecule has 12 heteroatoms. The number of nitro benzene ring substituents is 1. The van der Waals surface area contributed by atoms with Gasteiger partial charge in [-0.15, -0.1) is 10.2 Å². The number of hydrogen-bond donors (Lipinski definition) is 1. The van der Waals surface area contributed by atoms with Crippen molar-refractivity contribution < 1.29 is 22.5 Å². The monoisotopic (exact) mass is 458 g/mol. The van der Waals surface area contributed by atoms with E-state index in [4.69, 9.17) is 0 Å². The third-order valence-electron chi connectivity index (χ3n) is 4.56. The first kappa shape index (κ1) is 23.3. The number of pyridine rings is 1. The van der Waals surface area contributed by atoms with E-state index in [1.807, 2.05) is 6.07 Å². The number of aromatic nitrogens is 1. The summed E-state index contributed by atoms with van der Waals surface area (Å²) in [7, 11) is 0. The molecule has 3 rings (SSSR count). The average Bonchev–Trinajstić information content (AvgIpc) is 2.74. The summed E-state index contributed by atoms with van der Waals surface area (Å²) in [6, 6.07) is 9.12. The van der Waals surface area contributed by atoms with Gasteiger partial charge in [-0.2, -0.15) is 18.4 Å². The molecule has 0 radical (unpaired) electrons. The van der Waals surface area contributed by atoms with Crippen LogP contribution in [0.2, 0.25) is 0 Å². The molecule has 33 heavy (non-hydrogen) atoms. The Bertz CT molecular complexity index is 1320. The van der Waals surface area contributed by atoms with Crippen molar-refractivity contribution >= 4 is 28.6 Å². The summed E-state index contributed by atoms with van der Waals surface area (Å²) in [6.07, 6.45) is -4.56. The van der Waals surface area contributed by atoms with Crippen molar-refractivity contribution in [1.29, 1.82) is 5.26 Å². The van der Waals surface area contributed by atoms with Crippen molar-refractivity contribution in [2.75, 3.05) is 5.32 Å². The number of rotatable bonds is 5. The third kappa shape index (κ3) is 5.09. The van der Waals surface area contributed by atoms with Crippen LogP contribution < -0.4 is 5.32 Å². The van der Waals surface area contributed by atoms with Gasteiger partial charge in [0.1, 0.15) is 17.4 Å². The van der Waals surface area contributed by atoms with Gasteiger partial charge < -0.3 is 5.32 Å². The van der Waals surface area contributed by atoms with E-state index < -0.39 is 28.2 Å². The first-order chi connectivity index (χ1) is 15.5. The summed E-state index contributed by atoms with van der Waals surface area (Å²) in [5.41, 5.74) is -0.850. The van der Waals surface area contributed by atoms with Crippen molar-refractivity contribution in [3.8, 4) is 6.07 Å². The number of nitriles is 1. The molecule has 1 heterocycles. The van der Waals surface area contributed by atoms with Crippen molar-refractivity contribution in [3.05, 3.63) is 80.8 Å². The first-order valence-electron chi connectivity index (χ1n) is 9.22. The zero-order valence-corrected chi connectivity index (χ0v) is 17.1. The number of halogens is 4. The number of azo groups is 1. The zero-order chi connectivity index (χ0) is 24.3. The summed E-state index contributed by atoms with van der Waals surface area (Å²) in [5, 5.41) is 30.6. The number of benzene rings is 2. The molecule has 0 saturated heterocycles. The summed E-state index contributed by atoms with van der Waals surface area (Å²) in [6.45, 7) is 3.07. The number of aryl methyl sites for hydroxylation is 1. The zero-order valence-electron chi connectivity index (χ0n) is 17.1. The molecular weight excluding hydrogens is 444 g/mol. The SMILES string of the molecule is Cc1nc(Nc2cccc(C(F)(F)F)c2)c(N=Nc2ccc([N+](=O)[O-])cc2F)c(C)c1C#N. The van der Waals surface area contributed by atoms with Crippen molar-refractivity contribution in [1.82, 2.24) is 4.98 Å². The highest BCUT2D eigenvalue weighted by atomic mass is 19.4. The Hall–Kier alpha value is -4.40. The Balaban J connectivity index is 2.07. The van der Waals surface area contributed by atoms with E-state index >= 15 is 0 Å². The predicted molar refractivity (Wildman–Crippen MR) is 110 cm³/mol. The number of non-ortho nitro benzene ring substituents is 1. The minimum absolute atomic E-state index is 0.00519. The molecule has 0 fully saturated rings. The maximum Gasteiger partial charge on any atom is 0.416 e. The van der Waals surface area contributed by atoms with Gasteiger partial charge >= 0.3 is 6.18 Å². The van der Waals surface area contributed by atoms with E-state index in [-0.39, 0.29) is 28.4 Å². The molecule has 2 aromatic carbocycles. The number of nitrogens with one attached hydrogen (secondary N) is 1.